The van der Waals surface area contributed by atoms with E-state index in [1.165, 1.54) is 0 Å². The van der Waals surface area contributed by atoms with E-state index in [1.54, 1.807) is 0 Å². The van der Waals surface area contributed by atoms with E-state index in [1.807, 2.05) is 37.3 Å². The maximum absolute atomic E-state index is 12.4. The highest BCUT2D eigenvalue weighted by molar-refractivity contribution is 14.0. The Morgan fingerprint density at radius 2 is 1.90 bits per heavy atom. The zero-order valence-electron chi connectivity index (χ0n) is 17.3. The van der Waals surface area contributed by atoms with Gasteiger partial charge in [-0.15, -0.1) is 24.0 Å². The lowest BCUT2D eigenvalue weighted by Gasteiger charge is -2.30. The minimum atomic E-state index is -0.513. The summed E-state index contributed by atoms with van der Waals surface area (Å²) in [5, 5.41) is 20.2. The fourth-order valence-corrected chi connectivity index (χ4v) is 3.77. The van der Waals surface area contributed by atoms with Gasteiger partial charge in [-0.05, 0) is 44.6 Å². The lowest BCUT2D eigenvalue weighted by Crippen LogP contribution is -2.47. The minimum Gasteiger partial charge on any atom is -0.391 e. The molecule has 0 radical (unpaired) electrons. The summed E-state index contributed by atoms with van der Waals surface area (Å²) in [5.41, 5.74) is 1.11. The van der Waals surface area contributed by atoms with Crippen molar-refractivity contribution in [3.63, 3.8) is 0 Å². The molecule has 1 aromatic carbocycles. The molecule has 3 atom stereocenters. The van der Waals surface area contributed by atoms with Crippen LogP contribution in [0.5, 0.6) is 0 Å². The number of nitrogens with zero attached hydrogens (tertiary/aromatic N) is 1. The zero-order valence-corrected chi connectivity index (χ0v) is 19.6. The third-order valence-corrected chi connectivity index (χ3v) is 5.43. The average molecular weight is 514 g/mol. The molecule has 7 heteroatoms. The molecule has 3 unspecified atom stereocenters. The molecule has 0 aromatic heterocycles. The fraction of sp³-hybridized carbons (Fsp3) is 0.636. The lowest BCUT2D eigenvalue weighted by molar-refractivity contribution is -0.126. The van der Waals surface area contributed by atoms with Gasteiger partial charge in [0.1, 0.15) is 0 Å². The van der Waals surface area contributed by atoms with E-state index < -0.39 is 6.10 Å². The van der Waals surface area contributed by atoms with Crippen molar-refractivity contribution in [2.24, 2.45) is 10.9 Å². The summed E-state index contributed by atoms with van der Waals surface area (Å²) < 4.78 is 0. The summed E-state index contributed by atoms with van der Waals surface area (Å²) in [6.45, 7) is 3.14. The molecule has 0 spiro atoms. The van der Waals surface area contributed by atoms with Gasteiger partial charge in [-0.1, -0.05) is 36.8 Å². The Kier molecular flexibility index (Phi) is 10.2. The number of carbonyl (C=O) groups excluding carboxylic acids is 1. The Morgan fingerprint density at radius 3 is 2.59 bits per heavy atom. The van der Waals surface area contributed by atoms with Crippen LogP contribution in [0.2, 0.25) is 0 Å². The van der Waals surface area contributed by atoms with E-state index in [0.29, 0.717) is 19.0 Å². The summed E-state index contributed by atoms with van der Waals surface area (Å²) >= 11 is 0. The number of amides is 1. The largest absolute Gasteiger partial charge is 0.391 e. The fourth-order valence-electron chi connectivity index (χ4n) is 3.77. The molecule has 6 nitrogen and oxygen atoms in total. The van der Waals surface area contributed by atoms with Gasteiger partial charge >= 0.3 is 0 Å². The number of hydrogen-bond acceptors (Lipinski definition) is 3. The Morgan fingerprint density at radius 1 is 1.14 bits per heavy atom. The SMILES string of the molecule is CCNC(=NCC(O)Cc1ccccc1)NC1CCCC(C(=O)NC2CC2)C1.I. The highest BCUT2D eigenvalue weighted by atomic mass is 127. The number of guanidine groups is 1. The third kappa shape index (κ3) is 8.50. The number of aliphatic hydroxyl groups is 1. The maximum Gasteiger partial charge on any atom is 0.223 e. The van der Waals surface area contributed by atoms with Gasteiger partial charge in [0, 0.05) is 31.0 Å². The van der Waals surface area contributed by atoms with Crippen molar-refractivity contribution in [3.05, 3.63) is 35.9 Å². The second-order valence-electron chi connectivity index (χ2n) is 8.05. The Balaban J connectivity index is 0.00000300. The van der Waals surface area contributed by atoms with Crippen molar-refractivity contribution < 1.29 is 9.90 Å². The highest BCUT2D eigenvalue weighted by Gasteiger charge is 2.31. The van der Waals surface area contributed by atoms with Crippen LogP contribution in [0.15, 0.2) is 35.3 Å². The third-order valence-electron chi connectivity index (χ3n) is 5.43. The lowest BCUT2D eigenvalue weighted by atomic mass is 9.85. The average Bonchev–Trinajstić information content (AvgIpc) is 3.51. The molecule has 2 fully saturated rings. The standard InChI is InChI=1S/C22H34N4O2.HI/c1-2-23-22(24-15-20(27)13-16-7-4-3-5-8-16)26-19-10-6-9-17(14-19)21(28)25-18-11-12-18;/h3-5,7-8,17-20,27H,2,6,9-15H2,1H3,(H,25,28)(H2,23,24,26);1H. The molecule has 4 N–H and O–H groups in total. The topological polar surface area (TPSA) is 85.8 Å². The highest BCUT2D eigenvalue weighted by Crippen LogP contribution is 2.26. The van der Waals surface area contributed by atoms with E-state index in [0.717, 1.165) is 56.6 Å². The van der Waals surface area contributed by atoms with Crippen molar-refractivity contribution >= 4 is 35.8 Å². The minimum absolute atomic E-state index is 0. The first-order valence-corrected chi connectivity index (χ1v) is 10.7. The molecule has 0 bridgehead atoms. The molecular weight excluding hydrogens is 479 g/mol. The molecule has 162 valence electrons. The Hall–Kier alpha value is -1.35. The number of nitrogens with one attached hydrogen (secondary N) is 3. The summed E-state index contributed by atoms with van der Waals surface area (Å²) in [7, 11) is 0. The molecule has 0 heterocycles. The van der Waals surface area contributed by atoms with E-state index in [-0.39, 0.29) is 41.8 Å². The normalized spacial score (nSPS) is 22.9. The first kappa shape index (κ1) is 23.9. The second-order valence-corrected chi connectivity index (χ2v) is 8.05. The number of aliphatic hydroxyl groups excluding tert-OH is 1. The first-order chi connectivity index (χ1) is 13.6. The number of carbonyl (C=O) groups is 1. The van der Waals surface area contributed by atoms with Crippen molar-refractivity contribution in [1.82, 2.24) is 16.0 Å². The van der Waals surface area contributed by atoms with E-state index >= 15 is 0 Å². The van der Waals surface area contributed by atoms with Crippen LogP contribution in [0.1, 0.15) is 51.0 Å². The molecule has 1 amide bonds. The van der Waals surface area contributed by atoms with Gasteiger partial charge in [-0.3, -0.25) is 9.79 Å². The number of halogens is 1. The van der Waals surface area contributed by atoms with E-state index in [4.69, 9.17) is 0 Å². The van der Waals surface area contributed by atoms with Gasteiger partial charge in [0.15, 0.2) is 5.96 Å². The van der Waals surface area contributed by atoms with Crippen LogP contribution in [0.4, 0.5) is 0 Å². The molecule has 3 rings (SSSR count). The molecular formula is C22H35IN4O2. The van der Waals surface area contributed by atoms with Crippen LogP contribution in [-0.4, -0.2) is 48.3 Å². The van der Waals surface area contributed by atoms with Crippen molar-refractivity contribution in [2.75, 3.05) is 13.1 Å². The monoisotopic (exact) mass is 514 g/mol. The van der Waals surface area contributed by atoms with Crippen LogP contribution in [0, 0.1) is 5.92 Å². The maximum atomic E-state index is 12.4. The van der Waals surface area contributed by atoms with Crippen molar-refractivity contribution in [2.45, 2.75) is 70.1 Å². The summed E-state index contributed by atoms with van der Waals surface area (Å²) in [6.07, 6.45) is 6.25. The number of hydrogen-bond donors (Lipinski definition) is 4. The van der Waals surface area contributed by atoms with Crippen molar-refractivity contribution in [1.29, 1.82) is 0 Å². The number of aliphatic imine (C=N–C) groups is 1. The molecule has 1 aromatic rings. The Bertz CT molecular complexity index is 651. The van der Waals surface area contributed by atoms with Crippen LogP contribution in [0.25, 0.3) is 0 Å². The predicted octanol–water partition coefficient (Wildman–Crippen LogP) is 2.60. The van der Waals surface area contributed by atoms with Crippen LogP contribution in [0.3, 0.4) is 0 Å². The van der Waals surface area contributed by atoms with Gasteiger partial charge in [-0.25, -0.2) is 0 Å². The smallest absolute Gasteiger partial charge is 0.223 e. The number of rotatable bonds is 8. The predicted molar refractivity (Wildman–Crippen MR) is 128 cm³/mol. The summed E-state index contributed by atoms with van der Waals surface area (Å²) in [5.74, 6) is 1.04. The van der Waals surface area contributed by atoms with Gasteiger partial charge in [-0.2, -0.15) is 0 Å². The van der Waals surface area contributed by atoms with Crippen LogP contribution in [-0.2, 0) is 11.2 Å². The number of benzene rings is 1. The van der Waals surface area contributed by atoms with Gasteiger partial charge in [0.2, 0.25) is 5.91 Å². The Labute approximate surface area is 191 Å². The van der Waals surface area contributed by atoms with E-state index in [2.05, 4.69) is 20.9 Å². The van der Waals surface area contributed by atoms with Crippen LogP contribution < -0.4 is 16.0 Å². The summed E-state index contributed by atoms with van der Waals surface area (Å²) in [4.78, 5) is 17.0. The molecule has 0 aliphatic heterocycles. The van der Waals surface area contributed by atoms with Gasteiger partial charge in [0.05, 0.1) is 12.6 Å². The van der Waals surface area contributed by atoms with Crippen molar-refractivity contribution in [3.8, 4) is 0 Å². The van der Waals surface area contributed by atoms with Gasteiger partial charge in [0.25, 0.3) is 0 Å². The second kappa shape index (κ2) is 12.4. The molecule has 2 aliphatic carbocycles. The van der Waals surface area contributed by atoms with Crippen LogP contribution >= 0.6 is 24.0 Å². The molecule has 2 aliphatic rings. The molecule has 0 saturated heterocycles. The summed E-state index contributed by atoms with van der Waals surface area (Å²) in [6, 6.07) is 10.6. The quantitative estimate of drug-likeness (QED) is 0.244. The molecule has 29 heavy (non-hydrogen) atoms. The van der Waals surface area contributed by atoms with E-state index in [9.17, 15) is 9.90 Å². The van der Waals surface area contributed by atoms with Gasteiger partial charge < -0.3 is 21.1 Å². The molecule has 2 saturated carbocycles. The zero-order chi connectivity index (χ0) is 19.8. The first-order valence-electron chi connectivity index (χ1n) is 10.7.